The van der Waals surface area contributed by atoms with Crippen LogP contribution < -0.4 is 0 Å². The Bertz CT molecular complexity index is 174. The molecule has 76 valence electrons. The number of nitrogens with zero attached hydrogens (tertiary/aromatic N) is 2. The quantitative estimate of drug-likeness (QED) is 0.587. The maximum atomic E-state index is 5.80. The number of ether oxygens (including phenoxy) is 1. The van der Waals surface area contributed by atoms with Crippen molar-refractivity contribution in [3.8, 4) is 0 Å². The van der Waals surface area contributed by atoms with Crippen LogP contribution in [-0.2, 0) is 4.74 Å². The Morgan fingerprint density at radius 1 is 1.38 bits per heavy atom. The molecule has 2 aliphatic heterocycles. The van der Waals surface area contributed by atoms with E-state index in [9.17, 15) is 0 Å². The summed E-state index contributed by atoms with van der Waals surface area (Å²) >= 11 is 0. The Morgan fingerprint density at radius 2 is 2.23 bits per heavy atom. The summed E-state index contributed by atoms with van der Waals surface area (Å²) in [5.41, 5.74) is 0. The van der Waals surface area contributed by atoms with Crippen LogP contribution in [0.1, 0.15) is 13.3 Å². The second-order valence-electron chi connectivity index (χ2n) is 4.14. The summed E-state index contributed by atoms with van der Waals surface area (Å²) in [6.07, 6.45) is 1.74. The van der Waals surface area contributed by atoms with Crippen LogP contribution in [0.5, 0.6) is 0 Å². The lowest BCUT2D eigenvalue weighted by molar-refractivity contribution is -0.0953. The Morgan fingerprint density at radius 3 is 3.00 bits per heavy atom. The predicted octanol–water partition coefficient (Wildman–Crippen LogP) is 0.411. The molecule has 0 aromatic heterocycles. The average Bonchev–Trinajstić information content (AvgIpc) is 2.18. The third-order valence-electron chi connectivity index (χ3n) is 3.40. The smallest absolute Gasteiger partial charge is 0.0857 e. The summed E-state index contributed by atoms with van der Waals surface area (Å²) in [5.74, 6) is 0. The van der Waals surface area contributed by atoms with Crippen LogP contribution in [0.25, 0.3) is 0 Å². The monoisotopic (exact) mass is 184 g/mol. The minimum atomic E-state index is 0.465. The van der Waals surface area contributed by atoms with Gasteiger partial charge in [-0.05, 0) is 26.6 Å². The average molecular weight is 184 g/mol. The summed E-state index contributed by atoms with van der Waals surface area (Å²) in [5, 5.41) is 0. The molecule has 0 saturated carbocycles. The number of likely N-dealkylation sites (tertiary alicyclic amines) is 1. The van der Waals surface area contributed by atoms with Gasteiger partial charge in [-0.2, -0.15) is 0 Å². The molecule has 0 bridgehead atoms. The van der Waals surface area contributed by atoms with E-state index in [-0.39, 0.29) is 0 Å². The Kier molecular flexibility index (Phi) is 2.86. The van der Waals surface area contributed by atoms with Crippen LogP contribution in [0, 0.1) is 0 Å². The van der Waals surface area contributed by atoms with Crippen molar-refractivity contribution in [3.05, 3.63) is 0 Å². The van der Waals surface area contributed by atoms with Crippen LogP contribution in [0.3, 0.4) is 0 Å². The molecule has 2 saturated heterocycles. The summed E-state index contributed by atoms with van der Waals surface area (Å²) in [6.45, 7) is 7.78. The van der Waals surface area contributed by atoms with Crippen molar-refractivity contribution in [2.75, 3.05) is 39.8 Å². The standard InChI is InChI=1S/C10H20N2O/c1-3-12-5-4-9-10(8-12)13-7-6-11(9)2/h9-10H,3-8H2,1-2H3. The molecule has 2 fully saturated rings. The first-order valence-electron chi connectivity index (χ1n) is 5.35. The molecule has 2 unspecified atom stereocenters. The molecule has 3 heteroatoms. The van der Waals surface area contributed by atoms with Gasteiger partial charge in [-0.3, -0.25) is 4.90 Å². The molecular formula is C10H20N2O. The van der Waals surface area contributed by atoms with Crippen molar-refractivity contribution in [2.24, 2.45) is 0 Å². The molecule has 0 aliphatic carbocycles. The van der Waals surface area contributed by atoms with Gasteiger partial charge in [-0.15, -0.1) is 0 Å². The summed E-state index contributed by atoms with van der Waals surface area (Å²) in [6, 6.07) is 0.677. The summed E-state index contributed by atoms with van der Waals surface area (Å²) < 4.78 is 5.80. The number of hydrogen-bond acceptors (Lipinski definition) is 3. The molecule has 2 rings (SSSR count). The maximum absolute atomic E-state index is 5.80. The molecule has 2 atom stereocenters. The van der Waals surface area contributed by atoms with Crippen LogP contribution >= 0.6 is 0 Å². The number of piperidine rings is 1. The SMILES string of the molecule is CCN1CCC2C(C1)OCCN2C. The Hall–Kier alpha value is -0.120. The third kappa shape index (κ3) is 1.87. The van der Waals surface area contributed by atoms with E-state index in [0.717, 1.165) is 26.2 Å². The fraction of sp³-hybridized carbons (Fsp3) is 1.00. The molecule has 0 spiro atoms. The van der Waals surface area contributed by atoms with Crippen molar-refractivity contribution in [1.29, 1.82) is 0 Å². The second-order valence-corrected chi connectivity index (χ2v) is 4.14. The normalized spacial score (nSPS) is 37.4. The maximum Gasteiger partial charge on any atom is 0.0857 e. The van der Waals surface area contributed by atoms with Gasteiger partial charge in [0.1, 0.15) is 0 Å². The van der Waals surface area contributed by atoms with E-state index >= 15 is 0 Å². The largest absolute Gasteiger partial charge is 0.374 e. The summed E-state index contributed by atoms with van der Waals surface area (Å²) in [7, 11) is 2.22. The second kappa shape index (κ2) is 3.95. The van der Waals surface area contributed by atoms with Crippen molar-refractivity contribution < 1.29 is 4.74 Å². The Balaban J connectivity index is 1.95. The van der Waals surface area contributed by atoms with Crippen molar-refractivity contribution in [1.82, 2.24) is 9.80 Å². The molecule has 13 heavy (non-hydrogen) atoms. The fourth-order valence-electron chi connectivity index (χ4n) is 2.44. The van der Waals surface area contributed by atoms with Gasteiger partial charge in [-0.1, -0.05) is 6.92 Å². The van der Waals surface area contributed by atoms with E-state index in [1.54, 1.807) is 0 Å². The molecule has 0 N–H and O–H groups in total. The first-order valence-corrected chi connectivity index (χ1v) is 5.35. The lowest BCUT2D eigenvalue weighted by Crippen LogP contribution is -2.57. The van der Waals surface area contributed by atoms with E-state index in [0.29, 0.717) is 12.1 Å². The molecule has 0 aromatic rings. The lowest BCUT2D eigenvalue weighted by atomic mass is 9.99. The van der Waals surface area contributed by atoms with Gasteiger partial charge < -0.3 is 9.64 Å². The molecule has 2 heterocycles. The number of rotatable bonds is 1. The van der Waals surface area contributed by atoms with E-state index < -0.39 is 0 Å². The van der Waals surface area contributed by atoms with Crippen molar-refractivity contribution in [3.63, 3.8) is 0 Å². The van der Waals surface area contributed by atoms with Crippen molar-refractivity contribution in [2.45, 2.75) is 25.5 Å². The van der Waals surface area contributed by atoms with Crippen LogP contribution in [0.4, 0.5) is 0 Å². The highest BCUT2D eigenvalue weighted by Gasteiger charge is 2.34. The van der Waals surface area contributed by atoms with Gasteiger partial charge in [0.05, 0.1) is 12.7 Å². The lowest BCUT2D eigenvalue weighted by Gasteiger charge is -2.45. The van der Waals surface area contributed by atoms with Gasteiger partial charge in [0, 0.05) is 19.1 Å². The summed E-state index contributed by atoms with van der Waals surface area (Å²) in [4.78, 5) is 4.95. The number of hydrogen-bond donors (Lipinski definition) is 0. The molecule has 0 aromatic carbocycles. The van der Waals surface area contributed by atoms with Crippen LogP contribution in [0.15, 0.2) is 0 Å². The number of likely N-dealkylation sites (N-methyl/N-ethyl adjacent to an activating group) is 2. The molecule has 2 aliphatic rings. The van der Waals surface area contributed by atoms with Crippen LogP contribution in [0.2, 0.25) is 0 Å². The fourth-order valence-corrected chi connectivity index (χ4v) is 2.44. The molecular weight excluding hydrogens is 164 g/mol. The highest BCUT2D eigenvalue weighted by Crippen LogP contribution is 2.21. The van der Waals surface area contributed by atoms with E-state index in [1.165, 1.54) is 13.0 Å². The zero-order valence-corrected chi connectivity index (χ0v) is 8.70. The number of fused-ring (bicyclic) bond motifs is 1. The molecule has 3 nitrogen and oxygen atoms in total. The topological polar surface area (TPSA) is 15.7 Å². The number of morpholine rings is 1. The third-order valence-corrected chi connectivity index (χ3v) is 3.40. The minimum Gasteiger partial charge on any atom is -0.374 e. The van der Waals surface area contributed by atoms with Crippen LogP contribution in [-0.4, -0.2) is 61.8 Å². The van der Waals surface area contributed by atoms with Gasteiger partial charge in [0.2, 0.25) is 0 Å². The van der Waals surface area contributed by atoms with Gasteiger partial charge in [0.15, 0.2) is 0 Å². The zero-order chi connectivity index (χ0) is 9.26. The highest BCUT2D eigenvalue weighted by molar-refractivity contribution is 4.89. The van der Waals surface area contributed by atoms with E-state index in [1.807, 2.05) is 0 Å². The van der Waals surface area contributed by atoms with E-state index in [2.05, 4.69) is 23.8 Å². The minimum absolute atomic E-state index is 0.465. The van der Waals surface area contributed by atoms with Gasteiger partial charge in [-0.25, -0.2) is 0 Å². The first-order chi connectivity index (χ1) is 6.31. The molecule has 0 radical (unpaired) electrons. The first kappa shape index (κ1) is 9.44. The zero-order valence-electron chi connectivity index (χ0n) is 8.70. The highest BCUT2D eigenvalue weighted by atomic mass is 16.5. The predicted molar refractivity (Wildman–Crippen MR) is 52.9 cm³/mol. The van der Waals surface area contributed by atoms with E-state index in [4.69, 9.17) is 4.74 Å². The van der Waals surface area contributed by atoms with Gasteiger partial charge >= 0.3 is 0 Å². The van der Waals surface area contributed by atoms with Crippen molar-refractivity contribution >= 4 is 0 Å². The Labute approximate surface area is 80.6 Å². The van der Waals surface area contributed by atoms with Gasteiger partial charge in [0.25, 0.3) is 0 Å². The molecule has 0 amide bonds.